The molecule has 0 atom stereocenters. The highest BCUT2D eigenvalue weighted by Crippen LogP contribution is 2.34. The second kappa shape index (κ2) is 5.17. The number of esters is 1. The number of halogens is 1. The highest BCUT2D eigenvalue weighted by atomic mass is 35.5. The number of carbonyl (C=O) groups is 1. The van der Waals surface area contributed by atoms with Gasteiger partial charge < -0.3 is 9.64 Å². The van der Waals surface area contributed by atoms with Crippen LogP contribution in [0.25, 0.3) is 5.57 Å². The molecule has 0 saturated carbocycles. The summed E-state index contributed by atoms with van der Waals surface area (Å²) in [6.07, 6.45) is 1.66. The van der Waals surface area contributed by atoms with E-state index in [-0.39, 0.29) is 5.57 Å². The van der Waals surface area contributed by atoms with E-state index < -0.39 is 5.97 Å². The van der Waals surface area contributed by atoms with Crippen LogP contribution in [-0.2, 0) is 9.53 Å². The molecule has 0 bridgehead atoms. The molecule has 19 heavy (non-hydrogen) atoms. The maximum absolute atomic E-state index is 11.7. The lowest BCUT2D eigenvalue weighted by Gasteiger charge is -2.09. The molecule has 0 unspecified atom stereocenters. The topological polar surface area (TPSA) is 53.3 Å². The Kier molecular flexibility index (Phi) is 3.59. The van der Waals surface area contributed by atoms with E-state index in [0.29, 0.717) is 16.4 Å². The molecule has 96 valence electrons. The standard InChI is InChI=1S/C14H11ClN2O2/c1-17(2)8-12-13(11(7-16)14(18)19-12)9-3-5-10(15)6-4-9/h3-6,8H,1-2H3/b12-8-. The number of ether oxygens (including phenoxy) is 1. The minimum absolute atomic E-state index is 0.00965. The van der Waals surface area contributed by atoms with Gasteiger partial charge in [0.25, 0.3) is 0 Å². The maximum Gasteiger partial charge on any atom is 0.355 e. The summed E-state index contributed by atoms with van der Waals surface area (Å²) in [6.45, 7) is 0. The first-order chi connectivity index (χ1) is 9.02. The van der Waals surface area contributed by atoms with Crippen molar-refractivity contribution in [1.29, 1.82) is 5.26 Å². The Morgan fingerprint density at radius 3 is 2.47 bits per heavy atom. The molecule has 1 heterocycles. The Morgan fingerprint density at radius 2 is 1.95 bits per heavy atom. The molecule has 1 aliphatic rings. The fourth-order valence-corrected chi connectivity index (χ4v) is 1.88. The van der Waals surface area contributed by atoms with Crippen molar-refractivity contribution in [1.82, 2.24) is 4.90 Å². The lowest BCUT2D eigenvalue weighted by Crippen LogP contribution is -2.04. The summed E-state index contributed by atoms with van der Waals surface area (Å²) < 4.78 is 5.12. The van der Waals surface area contributed by atoms with Crippen molar-refractivity contribution in [3.63, 3.8) is 0 Å². The molecular weight excluding hydrogens is 264 g/mol. The van der Waals surface area contributed by atoms with Crippen molar-refractivity contribution in [2.24, 2.45) is 0 Å². The molecule has 4 nitrogen and oxygen atoms in total. The Hall–Kier alpha value is -2.25. The van der Waals surface area contributed by atoms with Crippen LogP contribution in [0.3, 0.4) is 0 Å². The van der Waals surface area contributed by atoms with Crippen LogP contribution < -0.4 is 0 Å². The van der Waals surface area contributed by atoms with E-state index in [2.05, 4.69) is 0 Å². The first-order valence-corrected chi connectivity index (χ1v) is 5.92. The van der Waals surface area contributed by atoms with E-state index in [0.717, 1.165) is 5.56 Å². The van der Waals surface area contributed by atoms with Crippen molar-refractivity contribution in [2.45, 2.75) is 0 Å². The van der Waals surface area contributed by atoms with Crippen LogP contribution in [-0.4, -0.2) is 25.0 Å². The van der Waals surface area contributed by atoms with Gasteiger partial charge in [0.05, 0.1) is 5.57 Å². The van der Waals surface area contributed by atoms with Crippen molar-refractivity contribution in [3.8, 4) is 6.07 Å². The fraction of sp³-hybridized carbons (Fsp3) is 0.143. The molecule has 1 aromatic rings. The first-order valence-electron chi connectivity index (χ1n) is 5.54. The third kappa shape index (κ3) is 2.61. The van der Waals surface area contributed by atoms with Gasteiger partial charge in [-0.25, -0.2) is 4.79 Å². The average Bonchev–Trinajstić information content (AvgIpc) is 2.65. The summed E-state index contributed by atoms with van der Waals surface area (Å²) >= 11 is 5.84. The van der Waals surface area contributed by atoms with Crippen LogP contribution in [0.15, 0.2) is 41.8 Å². The Bertz CT molecular complexity index is 622. The summed E-state index contributed by atoms with van der Waals surface area (Å²) in [6, 6.07) is 8.80. The molecule has 0 aromatic heterocycles. The molecule has 2 rings (SSSR count). The third-order valence-corrected chi connectivity index (χ3v) is 2.78. The van der Waals surface area contributed by atoms with Crippen LogP contribution in [0, 0.1) is 11.3 Å². The largest absolute Gasteiger partial charge is 0.420 e. The SMILES string of the molecule is CN(C)/C=C1\OC(=O)C(C#N)=C1c1ccc(Cl)cc1. The van der Waals surface area contributed by atoms with Crippen LogP contribution in [0.2, 0.25) is 5.02 Å². The lowest BCUT2D eigenvalue weighted by molar-refractivity contribution is -0.132. The zero-order valence-electron chi connectivity index (χ0n) is 10.5. The fourth-order valence-electron chi connectivity index (χ4n) is 1.76. The predicted molar refractivity (Wildman–Crippen MR) is 71.8 cm³/mol. The van der Waals surface area contributed by atoms with Gasteiger partial charge in [-0.1, -0.05) is 23.7 Å². The van der Waals surface area contributed by atoms with Crippen LogP contribution in [0.5, 0.6) is 0 Å². The number of hydrogen-bond acceptors (Lipinski definition) is 4. The van der Waals surface area contributed by atoms with E-state index >= 15 is 0 Å². The highest BCUT2D eigenvalue weighted by molar-refractivity contribution is 6.30. The molecule has 0 radical (unpaired) electrons. The first kappa shape index (κ1) is 13.2. The van der Waals surface area contributed by atoms with Crippen LogP contribution in [0.4, 0.5) is 0 Å². The molecule has 0 N–H and O–H groups in total. The van der Waals surface area contributed by atoms with Crippen LogP contribution in [0.1, 0.15) is 5.56 Å². The quantitative estimate of drug-likeness (QED) is 0.778. The molecule has 1 aliphatic heterocycles. The summed E-state index contributed by atoms with van der Waals surface area (Å²) in [5.41, 5.74) is 1.23. The van der Waals surface area contributed by atoms with Gasteiger partial charge >= 0.3 is 5.97 Å². The van der Waals surface area contributed by atoms with Gasteiger partial charge in [0, 0.05) is 25.3 Å². The number of nitriles is 1. The zero-order chi connectivity index (χ0) is 14.0. The predicted octanol–water partition coefficient (Wildman–Crippen LogP) is 2.58. The zero-order valence-corrected chi connectivity index (χ0v) is 11.2. The van der Waals surface area contributed by atoms with Gasteiger partial charge in [-0.15, -0.1) is 0 Å². The Morgan fingerprint density at radius 1 is 1.32 bits per heavy atom. The molecule has 0 aliphatic carbocycles. The van der Waals surface area contributed by atoms with Crippen LogP contribution >= 0.6 is 11.6 Å². The normalized spacial score (nSPS) is 16.5. The number of rotatable bonds is 2. The number of hydrogen-bond donors (Lipinski definition) is 0. The summed E-state index contributed by atoms with van der Waals surface area (Å²) in [7, 11) is 3.62. The summed E-state index contributed by atoms with van der Waals surface area (Å²) in [5, 5.41) is 9.69. The minimum Gasteiger partial charge on any atom is -0.420 e. The van der Waals surface area contributed by atoms with Crippen molar-refractivity contribution < 1.29 is 9.53 Å². The number of cyclic esters (lactones) is 1. The third-order valence-electron chi connectivity index (χ3n) is 2.52. The Labute approximate surface area is 116 Å². The smallest absolute Gasteiger partial charge is 0.355 e. The molecule has 0 amide bonds. The highest BCUT2D eigenvalue weighted by Gasteiger charge is 2.31. The number of benzene rings is 1. The van der Waals surface area contributed by atoms with E-state index in [1.54, 1.807) is 35.4 Å². The second-order valence-corrected chi connectivity index (χ2v) is 4.65. The minimum atomic E-state index is -0.624. The molecule has 0 fully saturated rings. The Balaban J connectivity index is 2.59. The number of carbonyl (C=O) groups excluding carboxylic acids is 1. The van der Waals surface area contributed by atoms with Gasteiger partial charge in [-0.3, -0.25) is 0 Å². The molecule has 5 heteroatoms. The van der Waals surface area contributed by atoms with Gasteiger partial charge in [0.2, 0.25) is 0 Å². The maximum atomic E-state index is 11.7. The average molecular weight is 275 g/mol. The van der Waals surface area contributed by atoms with Gasteiger partial charge in [-0.2, -0.15) is 5.26 Å². The van der Waals surface area contributed by atoms with Crippen molar-refractivity contribution in [2.75, 3.05) is 14.1 Å². The molecule has 0 spiro atoms. The lowest BCUT2D eigenvalue weighted by atomic mass is 10.0. The van der Waals surface area contributed by atoms with Gasteiger partial charge in [0.1, 0.15) is 11.6 Å². The molecule has 1 aromatic carbocycles. The number of nitrogens with zero attached hydrogens (tertiary/aromatic N) is 2. The van der Waals surface area contributed by atoms with Crippen molar-refractivity contribution >= 4 is 23.1 Å². The van der Waals surface area contributed by atoms with E-state index in [1.165, 1.54) is 0 Å². The van der Waals surface area contributed by atoms with Crippen molar-refractivity contribution in [3.05, 3.63) is 52.4 Å². The van der Waals surface area contributed by atoms with E-state index in [1.807, 2.05) is 20.2 Å². The molecular formula is C14H11ClN2O2. The van der Waals surface area contributed by atoms with Gasteiger partial charge in [0.15, 0.2) is 5.76 Å². The van der Waals surface area contributed by atoms with E-state index in [4.69, 9.17) is 21.6 Å². The summed E-state index contributed by atoms with van der Waals surface area (Å²) in [5.74, 6) is -0.255. The van der Waals surface area contributed by atoms with Gasteiger partial charge in [-0.05, 0) is 17.7 Å². The molecule has 0 saturated heterocycles. The number of allylic oxidation sites excluding steroid dienone is 1. The summed E-state index contributed by atoms with van der Waals surface area (Å²) in [4.78, 5) is 13.4. The van der Waals surface area contributed by atoms with E-state index in [9.17, 15) is 4.79 Å². The monoisotopic (exact) mass is 274 g/mol. The second-order valence-electron chi connectivity index (χ2n) is 4.22.